The highest BCUT2D eigenvalue weighted by Crippen LogP contribution is 2.42. The third-order valence-electron chi connectivity index (χ3n) is 7.79. The number of benzene rings is 1. The van der Waals surface area contributed by atoms with E-state index in [1.807, 2.05) is 30.3 Å². The van der Waals surface area contributed by atoms with Crippen LogP contribution in [0.2, 0.25) is 18.1 Å². The summed E-state index contributed by atoms with van der Waals surface area (Å²) in [7, 11) is -2.27. The van der Waals surface area contributed by atoms with Crippen molar-refractivity contribution in [2.75, 3.05) is 6.54 Å². The molecule has 192 valence electrons. The number of Topliss-reactive ketones (excluding diaryl/α,β-unsaturated/α-hetero) is 1. The van der Waals surface area contributed by atoms with Gasteiger partial charge in [-0.15, -0.1) is 0 Å². The number of rotatable bonds is 7. The maximum atomic E-state index is 13.6. The fourth-order valence-electron chi connectivity index (χ4n) is 4.65. The first-order valence-corrected chi connectivity index (χ1v) is 15.5. The molecule has 1 saturated carbocycles. The first kappa shape index (κ1) is 27.3. The minimum absolute atomic E-state index is 0.0867. The van der Waals surface area contributed by atoms with Crippen LogP contribution in [-0.4, -0.2) is 65.0 Å². The lowest BCUT2D eigenvalue weighted by molar-refractivity contribution is -0.130. The van der Waals surface area contributed by atoms with Gasteiger partial charge in [0.1, 0.15) is 12.6 Å². The molecule has 3 rings (SSSR count). The number of hydrogen-bond donors (Lipinski definition) is 1. The largest absolute Gasteiger partial charge is 0.445 e. The number of amides is 1. The highest BCUT2D eigenvalue weighted by molar-refractivity contribution is 6.74. The van der Waals surface area contributed by atoms with Gasteiger partial charge in [-0.1, -0.05) is 57.5 Å². The van der Waals surface area contributed by atoms with Gasteiger partial charge in [-0.2, -0.15) is 4.79 Å². The molecule has 1 amide bonds. The van der Waals surface area contributed by atoms with Crippen molar-refractivity contribution in [1.82, 2.24) is 4.90 Å². The van der Waals surface area contributed by atoms with Crippen LogP contribution in [-0.2, 0) is 20.6 Å². The maximum Gasteiger partial charge on any atom is 0.410 e. The third kappa shape index (κ3) is 5.92. The summed E-state index contributed by atoms with van der Waals surface area (Å²) >= 11 is 0. The number of hydrogen-bond acceptors (Lipinski definition) is 5. The van der Waals surface area contributed by atoms with Crippen molar-refractivity contribution in [2.45, 2.75) is 102 Å². The predicted octanol–water partition coefficient (Wildman–Crippen LogP) is 4.72. The molecule has 0 spiro atoms. The standard InChI is InChI=1S/C26H39N3O5Si/c1-25(2,3)35(4,5)34-21-15-9-10-16-26(21,32)23(28-27)22(30)20-14-11-17-29(20)24(31)33-18-19-12-7-6-8-13-19/h6-8,12-13,20-21,32H,9-11,14-18H2,1-5H3/t20-,21?,26?/m0/s1. The summed E-state index contributed by atoms with van der Waals surface area (Å²) in [6, 6.07) is 8.48. The maximum absolute atomic E-state index is 13.6. The van der Waals surface area contributed by atoms with Gasteiger partial charge in [-0.3, -0.25) is 9.69 Å². The van der Waals surface area contributed by atoms with Crippen molar-refractivity contribution >= 4 is 25.9 Å². The molecular formula is C26H39N3O5Si. The van der Waals surface area contributed by atoms with E-state index in [9.17, 15) is 20.2 Å². The first-order chi connectivity index (χ1) is 16.4. The van der Waals surface area contributed by atoms with Crippen LogP contribution in [0, 0.1) is 0 Å². The van der Waals surface area contributed by atoms with Crippen LogP contribution < -0.4 is 0 Å². The highest BCUT2D eigenvalue weighted by Gasteiger charge is 2.57. The van der Waals surface area contributed by atoms with E-state index in [1.165, 1.54) is 4.90 Å². The van der Waals surface area contributed by atoms with Crippen molar-refractivity contribution < 1.29 is 28.6 Å². The van der Waals surface area contributed by atoms with Gasteiger partial charge in [-0.05, 0) is 55.8 Å². The predicted molar refractivity (Wildman–Crippen MR) is 135 cm³/mol. The lowest BCUT2D eigenvalue weighted by Gasteiger charge is -2.45. The summed E-state index contributed by atoms with van der Waals surface area (Å²) < 4.78 is 12.0. The molecule has 1 heterocycles. The molecule has 3 atom stereocenters. The average Bonchev–Trinajstić information content (AvgIpc) is 3.29. The second kappa shape index (κ2) is 10.7. The number of nitrogens with zero attached hydrogens (tertiary/aromatic N) is 3. The minimum Gasteiger partial charge on any atom is -0.445 e. The minimum atomic E-state index is -2.27. The zero-order valence-corrected chi connectivity index (χ0v) is 22.6. The Hall–Kier alpha value is -2.32. The summed E-state index contributed by atoms with van der Waals surface area (Å²) in [4.78, 5) is 31.2. The van der Waals surface area contributed by atoms with Crippen LogP contribution in [0.1, 0.15) is 64.9 Å². The van der Waals surface area contributed by atoms with Crippen molar-refractivity contribution in [3.63, 3.8) is 0 Å². The number of likely N-dealkylation sites (tertiary alicyclic amines) is 1. The number of carbonyl (C=O) groups excluding carboxylic acids is 2. The summed E-state index contributed by atoms with van der Waals surface area (Å²) in [6.45, 7) is 11.0. The molecule has 1 aliphatic carbocycles. The van der Waals surface area contributed by atoms with Crippen molar-refractivity contribution in [3.05, 3.63) is 41.4 Å². The second-order valence-corrected chi connectivity index (χ2v) is 16.0. The zero-order valence-electron chi connectivity index (χ0n) is 21.6. The van der Waals surface area contributed by atoms with Gasteiger partial charge in [0.2, 0.25) is 0 Å². The van der Waals surface area contributed by atoms with E-state index < -0.39 is 37.9 Å². The summed E-state index contributed by atoms with van der Waals surface area (Å²) in [5.41, 5.74) is 8.79. The molecule has 9 heteroatoms. The second-order valence-electron chi connectivity index (χ2n) is 11.2. The van der Waals surface area contributed by atoms with E-state index in [1.54, 1.807) is 0 Å². The smallest absolute Gasteiger partial charge is 0.410 e. The van der Waals surface area contributed by atoms with Crippen LogP contribution in [0.25, 0.3) is 5.53 Å². The van der Waals surface area contributed by atoms with E-state index in [0.29, 0.717) is 32.2 Å². The summed E-state index contributed by atoms with van der Waals surface area (Å²) in [5.74, 6) is -0.546. The van der Waals surface area contributed by atoms with Gasteiger partial charge in [0, 0.05) is 6.54 Å². The Morgan fingerprint density at radius 3 is 2.49 bits per heavy atom. The quantitative estimate of drug-likeness (QED) is 0.251. The Bertz CT molecular complexity index is 971. The van der Waals surface area contributed by atoms with Crippen molar-refractivity contribution in [2.24, 2.45) is 0 Å². The summed E-state index contributed by atoms with van der Waals surface area (Å²) in [6.07, 6.45) is 2.19. The summed E-state index contributed by atoms with van der Waals surface area (Å²) in [5, 5.41) is 11.7. The molecule has 8 nitrogen and oxygen atoms in total. The molecule has 0 aromatic heterocycles. The molecule has 1 N–H and O–H groups in total. The van der Waals surface area contributed by atoms with Gasteiger partial charge in [-0.25, -0.2) is 4.79 Å². The zero-order chi connectivity index (χ0) is 25.9. The topological polar surface area (TPSA) is 112 Å². The molecule has 1 saturated heterocycles. The van der Waals surface area contributed by atoms with E-state index in [2.05, 4.69) is 38.7 Å². The van der Waals surface area contributed by atoms with E-state index in [0.717, 1.165) is 12.0 Å². The number of aliphatic hydroxyl groups is 1. The molecule has 1 aliphatic heterocycles. The normalized spacial score (nSPS) is 25.1. The van der Waals surface area contributed by atoms with Gasteiger partial charge in [0.05, 0.1) is 6.10 Å². The van der Waals surface area contributed by atoms with Crippen LogP contribution in [0.4, 0.5) is 4.79 Å². The lowest BCUT2D eigenvalue weighted by Crippen LogP contribution is -2.61. The molecule has 35 heavy (non-hydrogen) atoms. The SMILES string of the molecule is CC(C)(C)[Si](C)(C)OC1CCCCC1(O)C(=[N+]=[N-])C(=O)[C@@H]1CCCN1C(=O)OCc1ccccc1. The van der Waals surface area contributed by atoms with Gasteiger partial charge >= 0.3 is 11.8 Å². The van der Waals surface area contributed by atoms with Crippen LogP contribution in [0.5, 0.6) is 0 Å². The fourth-order valence-corrected chi connectivity index (χ4v) is 6.03. The Balaban J connectivity index is 1.78. The van der Waals surface area contributed by atoms with E-state index in [-0.39, 0.29) is 23.8 Å². The van der Waals surface area contributed by atoms with Crippen LogP contribution in [0.3, 0.4) is 0 Å². The van der Waals surface area contributed by atoms with Crippen molar-refractivity contribution in [3.8, 4) is 0 Å². The van der Waals surface area contributed by atoms with Gasteiger partial charge < -0.3 is 19.8 Å². The van der Waals surface area contributed by atoms with E-state index in [4.69, 9.17) is 9.16 Å². The fraction of sp³-hybridized carbons (Fsp3) is 0.654. The Labute approximate surface area is 209 Å². The number of ketones is 1. The molecule has 2 unspecified atom stereocenters. The molecular weight excluding hydrogens is 462 g/mol. The Morgan fingerprint density at radius 1 is 1.17 bits per heavy atom. The molecule has 2 aliphatic rings. The average molecular weight is 502 g/mol. The number of ether oxygens (including phenoxy) is 1. The number of carbonyl (C=O) groups is 2. The molecule has 1 aromatic rings. The molecule has 2 fully saturated rings. The Kier molecular flexibility index (Phi) is 8.37. The van der Waals surface area contributed by atoms with Crippen LogP contribution >= 0.6 is 0 Å². The molecule has 0 radical (unpaired) electrons. The third-order valence-corrected chi connectivity index (χ3v) is 12.3. The molecule has 0 bridgehead atoms. The lowest BCUT2D eigenvalue weighted by atomic mass is 9.76. The monoisotopic (exact) mass is 501 g/mol. The highest BCUT2D eigenvalue weighted by atomic mass is 28.4. The van der Waals surface area contributed by atoms with Crippen LogP contribution in [0.15, 0.2) is 30.3 Å². The van der Waals surface area contributed by atoms with Gasteiger partial charge in [0.15, 0.2) is 13.9 Å². The van der Waals surface area contributed by atoms with Gasteiger partial charge in [0.25, 0.3) is 5.78 Å². The van der Waals surface area contributed by atoms with E-state index >= 15 is 0 Å². The molecule has 1 aromatic carbocycles. The first-order valence-electron chi connectivity index (χ1n) is 12.5. The Morgan fingerprint density at radius 2 is 1.86 bits per heavy atom. The van der Waals surface area contributed by atoms with Crippen molar-refractivity contribution in [1.29, 1.82) is 0 Å².